The molecule has 1 saturated carbocycles. The van der Waals surface area contributed by atoms with Gasteiger partial charge in [-0.1, -0.05) is 0 Å². The zero-order valence-corrected chi connectivity index (χ0v) is 12.2. The first-order valence-electron chi connectivity index (χ1n) is 7.32. The van der Waals surface area contributed by atoms with E-state index in [-0.39, 0.29) is 5.91 Å². The van der Waals surface area contributed by atoms with Crippen LogP contribution in [0.15, 0.2) is 0 Å². The Morgan fingerprint density at radius 1 is 1.33 bits per heavy atom. The fourth-order valence-electron chi connectivity index (χ4n) is 2.59. The lowest BCUT2D eigenvalue weighted by atomic mass is 10.1. The van der Waals surface area contributed by atoms with E-state index in [4.69, 9.17) is 5.73 Å². The Bertz CT molecular complexity index is 249. The predicted octanol–water partition coefficient (Wildman–Crippen LogP) is 1.30. The summed E-state index contributed by atoms with van der Waals surface area (Å²) >= 11 is 0. The minimum absolute atomic E-state index is 0.282. The number of rotatable bonds is 9. The van der Waals surface area contributed by atoms with Gasteiger partial charge in [0.05, 0.1) is 0 Å². The summed E-state index contributed by atoms with van der Waals surface area (Å²) in [5.41, 5.74) is 5.82. The Labute approximate surface area is 111 Å². The van der Waals surface area contributed by atoms with Crippen molar-refractivity contribution >= 4 is 5.91 Å². The summed E-state index contributed by atoms with van der Waals surface area (Å²) in [6.07, 6.45) is 4.25. The van der Waals surface area contributed by atoms with E-state index in [9.17, 15) is 4.79 Å². The van der Waals surface area contributed by atoms with Gasteiger partial charge in [0.15, 0.2) is 0 Å². The fourth-order valence-corrected chi connectivity index (χ4v) is 2.59. The van der Waals surface area contributed by atoms with Gasteiger partial charge in [0, 0.05) is 32.1 Å². The molecule has 0 aliphatic heterocycles. The molecule has 0 aromatic carbocycles. The molecule has 1 rings (SSSR count). The van der Waals surface area contributed by atoms with E-state index >= 15 is 0 Å². The monoisotopic (exact) mass is 255 g/mol. The topological polar surface area (TPSA) is 49.6 Å². The molecule has 1 unspecified atom stereocenters. The number of nitrogens with zero attached hydrogens (tertiary/aromatic N) is 2. The molecule has 1 aliphatic carbocycles. The van der Waals surface area contributed by atoms with Crippen molar-refractivity contribution in [1.82, 2.24) is 9.80 Å². The second-order valence-electron chi connectivity index (χ2n) is 5.29. The highest BCUT2D eigenvalue weighted by atomic mass is 16.2. The summed E-state index contributed by atoms with van der Waals surface area (Å²) in [7, 11) is 2.14. The molecule has 4 nitrogen and oxygen atoms in total. The van der Waals surface area contributed by atoms with Gasteiger partial charge in [-0.3, -0.25) is 4.79 Å². The third-order valence-electron chi connectivity index (χ3n) is 3.99. The summed E-state index contributed by atoms with van der Waals surface area (Å²) < 4.78 is 0. The number of hydrogen-bond acceptors (Lipinski definition) is 3. The van der Waals surface area contributed by atoms with Crippen molar-refractivity contribution in [3.63, 3.8) is 0 Å². The van der Waals surface area contributed by atoms with Crippen molar-refractivity contribution in [3.05, 3.63) is 0 Å². The van der Waals surface area contributed by atoms with Crippen LogP contribution in [-0.2, 0) is 4.79 Å². The van der Waals surface area contributed by atoms with E-state index in [2.05, 4.69) is 11.9 Å². The predicted molar refractivity (Wildman–Crippen MR) is 75.4 cm³/mol. The van der Waals surface area contributed by atoms with Gasteiger partial charge in [-0.2, -0.15) is 0 Å². The van der Waals surface area contributed by atoms with Gasteiger partial charge in [0.25, 0.3) is 0 Å². The molecule has 1 aliphatic rings. The maximum Gasteiger partial charge on any atom is 0.222 e. The molecule has 1 amide bonds. The molecule has 0 heterocycles. The van der Waals surface area contributed by atoms with Crippen molar-refractivity contribution in [2.75, 3.05) is 33.2 Å². The lowest BCUT2D eigenvalue weighted by Crippen LogP contribution is -2.40. The van der Waals surface area contributed by atoms with Crippen LogP contribution in [0, 0.1) is 5.92 Å². The van der Waals surface area contributed by atoms with Gasteiger partial charge in [0.2, 0.25) is 5.91 Å². The second kappa shape index (κ2) is 7.74. The minimum atomic E-state index is 0.282. The summed E-state index contributed by atoms with van der Waals surface area (Å²) in [4.78, 5) is 16.1. The molecule has 2 N–H and O–H groups in total. The standard InChI is InChI=1S/C14H29N3O/c1-4-17(5-2)14(18)7-6-10-16(3)13(11-15)12-8-9-12/h12-13H,4-11,15H2,1-3H3. The molecule has 1 fully saturated rings. The van der Waals surface area contributed by atoms with E-state index in [0.717, 1.165) is 38.5 Å². The van der Waals surface area contributed by atoms with Crippen LogP contribution in [0.5, 0.6) is 0 Å². The highest BCUT2D eigenvalue weighted by molar-refractivity contribution is 5.76. The van der Waals surface area contributed by atoms with E-state index in [0.29, 0.717) is 12.5 Å². The molecule has 106 valence electrons. The highest BCUT2D eigenvalue weighted by Gasteiger charge is 2.32. The van der Waals surface area contributed by atoms with Gasteiger partial charge in [0.1, 0.15) is 0 Å². The second-order valence-corrected chi connectivity index (χ2v) is 5.29. The van der Waals surface area contributed by atoms with Crippen molar-refractivity contribution in [1.29, 1.82) is 0 Å². The van der Waals surface area contributed by atoms with Crippen LogP contribution in [0.25, 0.3) is 0 Å². The molecule has 4 heteroatoms. The Kier molecular flexibility index (Phi) is 6.65. The summed E-state index contributed by atoms with van der Waals surface area (Å²) in [5.74, 6) is 1.09. The molecule has 0 spiro atoms. The third-order valence-corrected chi connectivity index (χ3v) is 3.99. The van der Waals surface area contributed by atoms with Crippen molar-refractivity contribution < 1.29 is 4.79 Å². The van der Waals surface area contributed by atoms with E-state index < -0.39 is 0 Å². The largest absolute Gasteiger partial charge is 0.343 e. The van der Waals surface area contributed by atoms with E-state index in [1.54, 1.807) is 0 Å². The smallest absolute Gasteiger partial charge is 0.222 e. The average Bonchev–Trinajstić information content (AvgIpc) is 3.16. The molecule has 0 aromatic rings. The summed E-state index contributed by atoms with van der Waals surface area (Å²) in [6, 6.07) is 0.522. The highest BCUT2D eigenvalue weighted by Crippen LogP contribution is 2.34. The molecular weight excluding hydrogens is 226 g/mol. The maximum absolute atomic E-state index is 11.9. The number of hydrogen-bond donors (Lipinski definition) is 1. The summed E-state index contributed by atoms with van der Waals surface area (Å²) in [6.45, 7) is 7.42. The molecule has 18 heavy (non-hydrogen) atoms. The van der Waals surface area contributed by atoms with Crippen LogP contribution in [0.1, 0.15) is 39.5 Å². The minimum Gasteiger partial charge on any atom is -0.343 e. The van der Waals surface area contributed by atoms with Crippen LogP contribution in [-0.4, -0.2) is 55.0 Å². The first-order chi connectivity index (χ1) is 8.63. The molecule has 0 aromatic heterocycles. The van der Waals surface area contributed by atoms with Crippen molar-refractivity contribution in [3.8, 4) is 0 Å². The molecular formula is C14H29N3O. The quantitative estimate of drug-likeness (QED) is 0.676. The zero-order valence-electron chi connectivity index (χ0n) is 12.2. The van der Waals surface area contributed by atoms with Gasteiger partial charge in [-0.25, -0.2) is 0 Å². The SMILES string of the molecule is CCN(CC)C(=O)CCCN(C)C(CN)C1CC1. The molecule has 0 bridgehead atoms. The maximum atomic E-state index is 11.9. The van der Waals surface area contributed by atoms with Crippen LogP contribution in [0.3, 0.4) is 0 Å². The number of carbonyl (C=O) groups is 1. The summed E-state index contributed by atoms with van der Waals surface area (Å²) in [5, 5.41) is 0. The first kappa shape index (κ1) is 15.4. The Hall–Kier alpha value is -0.610. The van der Waals surface area contributed by atoms with E-state index in [1.165, 1.54) is 12.8 Å². The Morgan fingerprint density at radius 3 is 2.39 bits per heavy atom. The first-order valence-corrected chi connectivity index (χ1v) is 7.32. The number of carbonyl (C=O) groups excluding carboxylic acids is 1. The van der Waals surface area contributed by atoms with Gasteiger partial charge < -0.3 is 15.5 Å². The fraction of sp³-hybridized carbons (Fsp3) is 0.929. The number of amides is 1. The van der Waals surface area contributed by atoms with Gasteiger partial charge in [-0.05, 0) is 52.6 Å². The van der Waals surface area contributed by atoms with Crippen molar-refractivity contribution in [2.24, 2.45) is 11.7 Å². The lowest BCUT2D eigenvalue weighted by Gasteiger charge is -2.27. The number of nitrogens with two attached hydrogens (primary N) is 1. The third kappa shape index (κ3) is 4.58. The van der Waals surface area contributed by atoms with Crippen LogP contribution in [0.2, 0.25) is 0 Å². The van der Waals surface area contributed by atoms with Crippen molar-refractivity contribution in [2.45, 2.75) is 45.6 Å². The average molecular weight is 255 g/mol. The van der Waals surface area contributed by atoms with Crippen LogP contribution in [0.4, 0.5) is 0 Å². The van der Waals surface area contributed by atoms with Gasteiger partial charge in [-0.15, -0.1) is 0 Å². The molecule has 1 atom stereocenters. The Balaban J connectivity index is 2.21. The zero-order chi connectivity index (χ0) is 13.5. The van der Waals surface area contributed by atoms with Gasteiger partial charge >= 0.3 is 0 Å². The Morgan fingerprint density at radius 2 is 1.94 bits per heavy atom. The normalized spacial score (nSPS) is 16.9. The molecule has 0 radical (unpaired) electrons. The molecule has 0 saturated heterocycles. The number of likely N-dealkylation sites (N-methyl/N-ethyl adjacent to an activating group) is 1. The lowest BCUT2D eigenvalue weighted by molar-refractivity contribution is -0.131. The van der Waals surface area contributed by atoms with Crippen LogP contribution < -0.4 is 5.73 Å². The van der Waals surface area contributed by atoms with E-state index in [1.807, 2.05) is 18.7 Å². The van der Waals surface area contributed by atoms with Crippen LogP contribution >= 0.6 is 0 Å².